The summed E-state index contributed by atoms with van der Waals surface area (Å²) in [6, 6.07) is 0.433. The molecule has 0 spiro atoms. The Balaban J connectivity index is 1.55. The number of fused-ring (bicyclic) bond motifs is 3. The Morgan fingerprint density at radius 3 is 2.31 bits per heavy atom. The molecule has 16 heavy (non-hydrogen) atoms. The summed E-state index contributed by atoms with van der Waals surface area (Å²) in [5.41, 5.74) is 0. The van der Waals surface area contributed by atoms with E-state index in [-0.39, 0.29) is 6.10 Å². The lowest BCUT2D eigenvalue weighted by Crippen LogP contribution is -2.64. The van der Waals surface area contributed by atoms with Crippen molar-refractivity contribution < 1.29 is 5.11 Å². The Bertz CT molecular complexity index is 232. The maximum atomic E-state index is 10.4. The van der Waals surface area contributed by atoms with Gasteiger partial charge in [0, 0.05) is 38.8 Å². The SMILES string of the molecule is OC(CC1CCCC1)C1CN2CCN1CC2. The summed E-state index contributed by atoms with van der Waals surface area (Å²) in [4.78, 5) is 5.03. The molecule has 2 unspecified atom stereocenters. The van der Waals surface area contributed by atoms with Gasteiger partial charge >= 0.3 is 0 Å². The minimum atomic E-state index is -0.0776. The third kappa shape index (κ3) is 2.13. The van der Waals surface area contributed by atoms with Crippen molar-refractivity contribution in [2.45, 2.75) is 44.2 Å². The molecule has 4 aliphatic rings. The molecule has 1 aliphatic carbocycles. The first-order chi connectivity index (χ1) is 7.83. The fourth-order valence-electron chi connectivity index (χ4n) is 3.77. The second-order valence-electron chi connectivity index (χ2n) is 5.86. The Morgan fingerprint density at radius 1 is 1.06 bits per heavy atom. The molecule has 0 aromatic rings. The molecule has 4 rings (SSSR count). The molecule has 2 atom stereocenters. The topological polar surface area (TPSA) is 26.7 Å². The van der Waals surface area contributed by atoms with Crippen LogP contribution in [-0.2, 0) is 0 Å². The summed E-state index contributed by atoms with van der Waals surface area (Å²) in [6.45, 7) is 5.88. The highest BCUT2D eigenvalue weighted by atomic mass is 16.3. The van der Waals surface area contributed by atoms with Crippen molar-refractivity contribution >= 4 is 0 Å². The molecular weight excluding hydrogens is 200 g/mol. The van der Waals surface area contributed by atoms with Gasteiger partial charge in [-0.05, 0) is 12.3 Å². The average Bonchev–Trinajstić information content (AvgIpc) is 2.83. The van der Waals surface area contributed by atoms with Crippen LogP contribution in [0.25, 0.3) is 0 Å². The smallest absolute Gasteiger partial charge is 0.0710 e. The fraction of sp³-hybridized carbons (Fsp3) is 1.00. The highest BCUT2D eigenvalue weighted by molar-refractivity contribution is 4.92. The average molecular weight is 224 g/mol. The van der Waals surface area contributed by atoms with Gasteiger partial charge < -0.3 is 5.11 Å². The van der Waals surface area contributed by atoms with Crippen LogP contribution >= 0.6 is 0 Å². The largest absolute Gasteiger partial charge is 0.391 e. The fourth-order valence-corrected chi connectivity index (χ4v) is 3.77. The number of aliphatic hydroxyl groups is 1. The van der Waals surface area contributed by atoms with Gasteiger partial charge in [0.15, 0.2) is 0 Å². The Labute approximate surface area is 98.4 Å². The zero-order valence-electron chi connectivity index (χ0n) is 10.1. The minimum absolute atomic E-state index is 0.0776. The maximum Gasteiger partial charge on any atom is 0.0710 e. The lowest BCUT2D eigenvalue weighted by atomic mass is 9.93. The van der Waals surface area contributed by atoms with Crippen LogP contribution in [0.5, 0.6) is 0 Å². The van der Waals surface area contributed by atoms with Gasteiger partial charge in [0.25, 0.3) is 0 Å². The molecule has 92 valence electrons. The standard InChI is InChI=1S/C13H24N2O/c16-13(9-11-3-1-2-4-11)12-10-14-5-7-15(12)8-6-14/h11-13,16H,1-10H2. The summed E-state index contributed by atoms with van der Waals surface area (Å²) in [5.74, 6) is 0.812. The molecule has 0 aromatic heterocycles. The second kappa shape index (κ2) is 4.63. The van der Waals surface area contributed by atoms with Gasteiger partial charge in [-0.1, -0.05) is 25.7 Å². The van der Waals surface area contributed by atoms with E-state index in [4.69, 9.17) is 0 Å². The first kappa shape index (κ1) is 11.0. The Kier molecular flexibility index (Phi) is 3.18. The van der Waals surface area contributed by atoms with E-state index in [1.165, 1.54) is 51.9 Å². The molecule has 3 aliphatic heterocycles. The van der Waals surface area contributed by atoms with Gasteiger partial charge in [0.1, 0.15) is 0 Å². The molecule has 3 saturated heterocycles. The van der Waals surface area contributed by atoms with Crippen LogP contribution in [-0.4, -0.2) is 59.8 Å². The van der Waals surface area contributed by atoms with E-state index in [2.05, 4.69) is 9.80 Å². The predicted molar refractivity (Wildman–Crippen MR) is 64.4 cm³/mol. The van der Waals surface area contributed by atoms with Crippen molar-refractivity contribution in [3.8, 4) is 0 Å². The molecule has 0 amide bonds. The number of nitrogens with zero attached hydrogens (tertiary/aromatic N) is 2. The highest BCUT2D eigenvalue weighted by Gasteiger charge is 2.36. The molecule has 2 bridgehead atoms. The zero-order chi connectivity index (χ0) is 11.0. The monoisotopic (exact) mass is 224 g/mol. The van der Waals surface area contributed by atoms with Gasteiger partial charge in [0.05, 0.1) is 6.10 Å². The van der Waals surface area contributed by atoms with Crippen LogP contribution in [0.4, 0.5) is 0 Å². The Hall–Kier alpha value is -0.120. The molecule has 3 heteroatoms. The number of piperazine rings is 3. The van der Waals surface area contributed by atoms with Crippen molar-refractivity contribution in [3.05, 3.63) is 0 Å². The molecular formula is C13H24N2O. The molecule has 1 saturated carbocycles. The van der Waals surface area contributed by atoms with Crippen LogP contribution in [0, 0.1) is 5.92 Å². The molecule has 3 heterocycles. The normalized spacial score (nSPS) is 41.4. The van der Waals surface area contributed by atoms with Crippen LogP contribution in [0.1, 0.15) is 32.1 Å². The van der Waals surface area contributed by atoms with Crippen LogP contribution in [0.3, 0.4) is 0 Å². The summed E-state index contributed by atoms with van der Waals surface area (Å²) in [6.07, 6.45) is 6.46. The lowest BCUT2D eigenvalue weighted by molar-refractivity contribution is -0.0522. The molecule has 1 N–H and O–H groups in total. The van der Waals surface area contributed by atoms with Gasteiger partial charge in [0.2, 0.25) is 0 Å². The predicted octanol–water partition coefficient (Wildman–Crippen LogP) is 0.927. The number of hydrogen-bond donors (Lipinski definition) is 1. The molecule has 3 nitrogen and oxygen atoms in total. The van der Waals surface area contributed by atoms with Crippen molar-refractivity contribution in [2.75, 3.05) is 32.7 Å². The number of rotatable bonds is 3. The van der Waals surface area contributed by atoms with Gasteiger partial charge in [-0.15, -0.1) is 0 Å². The van der Waals surface area contributed by atoms with Crippen molar-refractivity contribution in [1.29, 1.82) is 0 Å². The van der Waals surface area contributed by atoms with Crippen LogP contribution in [0.15, 0.2) is 0 Å². The van der Waals surface area contributed by atoms with Crippen molar-refractivity contribution in [2.24, 2.45) is 5.92 Å². The van der Waals surface area contributed by atoms with E-state index in [1.807, 2.05) is 0 Å². The summed E-state index contributed by atoms with van der Waals surface area (Å²) >= 11 is 0. The quantitative estimate of drug-likeness (QED) is 0.772. The minimum Gasteiger partial charge on any atom is -0.391 e. The zero-order valence-corrected chi connectivity index (χ0v) is 10.1. The number of hydrogen-bond acceptors (Lipinski definition) is 3. The second-order valence-corrected chi connectivity index (χ2v) is 5.86. The van der Waals surface area contributed by atoms with Crippen LogP contribution < -0.4 is 0 Å². The summed E-state index contributed by atoms with van der Waals surface area (Å²) in [7, 11) is 0. The Morgan fingerprint density at radius 2 is 1.75 bits per heavy atom. The summed E-state index contributed by atoms with van der Waals surface area (Å²) < 4.78 is 0. The third-order valence-electron chi connectivity index (χ3n) is 4.81. The van der Waals surface area contributed by atoms with Crippen molar-refractivity contribution in [1.82, 2.24) is 9.80 Å². The molecule has 0 radical (unpaired) electrons. The van der Waals surface area contributed by atoms with E-state index >= 15 is 0 Å². The van der Waals surface area contributed by atoms with Gasteiger partial charge in [-0.3, -0.25) is 9.80 Å². The van der Waals surface area contributed by atoms with Gasteiger partial charge in [-0.25, -0.2) is 0 Å². The van der Waals surface area contributed by atoms with E-state index in [0.717, 1.165) is 18.9 Å². The van der Waals surface area contributed by atoms with Gasteiger partial charge in [-0.2, -0.15) is 0 Å². The van der Waals surface area contributed by atoms with E-state index < -0.39 is 0 Å². The van der Waals surface area contributed by atoms with Crippen molar-refractivity contribution in [3.63, 3.8) is 0 Å². The van der Waals surface area contributed by atoms with E-state index in [0.29, 0.717) is 6.04 Å². The van der Waals surface area contributed by atoms with Crippen LogP contribution in [0.2, 0.25) is 0 Å². The molecule has 0 aromatic carbocycles. The first-order valence-electron chi connectivity index (χ1n) is 6.97. The lowest BCUT2D eigenvalue weighted by Gasteiger charge is -2.49. The maximum absolute atomic E-state index is 10.4. The molecule has 4 fully saturated rings. The first-order valence-corrected chi connectivity index (χ1v) is 6.97. The number of aliphatic hydroxyl groups excluding tert-OH is 1. The highest BCUT2D eigenvalue weighted by Crippen LogP contribution is 2.31. The third-order valence-corrected chi connectivity index (χ3v) is 4.81. The van der Waals surface area contributed by atoms with E-state index in [1.54, 1.807) is 0 Å². The van der Waals surface area contributed by atoms with E-state index in [9.17, 15) is 5.11 Å². The summed E-state index contributed by atoms with van der Waals surface area (Å²) in [5, 5.41) is 10.4.